The van der Waals surface area contributed by atoms with Gasteiger partial charge < -0.3 is 45.5 Å². The van der Waals surface area contributed by atoms with E-state index in [2.05, 4.69) is 91.9 Å². The van der Waals surface area contributed by atoms with Gasteiger partial charge in [0, 0.05) is 57.4 Å². The number of carboxylic acids is 1. The van der Waals surface area contributed by atoms with E-state index in [-0.39, 0.29) is 67.4 Å². The molecule has 11 rings (SSSR count). The zero-order valence-electron chi connectivity index (χ0n) is 51.8. The Kier molecular flexibility index (Phi) is 22.0. The van der Waals surface area contributed by atoms with Crippen molar-refractivity contribution >= 4 is 54.4 Å². The molecule has 6 aromatic carbocycles. The third-order valence-electron chi connectivity index (χ3n) is 17.3. The minimum Gasteiger partial charge on any atom is -0.480 e. The van der Waals surface area contributed by atoms with Crippen LogP contribution in [0.25, 0.3) is 33.4 Å². The molecule has 19 heteroatoms. The van der Waals surface area contributed by atoms with E-state index in [1.54, 1.807) is 43.2 Å². The molecule has 0 radical (unpaired) electrons. The lowest BCUT2D eigenvalue weighted by Gasteiger charge is -2.28. The van der Waals surface area contributed by atoms with Crippen LogP contribution in [0.4, 0.5) is 14.4 Å². The Morgan fingerprint density at radius 3 is 1.12 bits per heavy atom. The lowest BCUT2D eigenvalue weighted by Crippen LogP contribution is -2.53. The summed E-state index contributed by atoms with van der Waals surface area (Å²) in [5, 5.41) is 19.7. The van der Waals surface area contributed by atoms with Gasteiger partial charge in [0.25, 0.3) is 0 Å². The quantitative estimate of drug-likeness (QED) is 0.0400. The van der Waals surface area contributed by atoms with Crippen LogP contribution in [0, 0.1) is 0 Å². The van der Waals surface area contributed by atoms with Gasteiger partial charge in [-0.3, -0.25) is 34.1 Å². The third kappa shape index (κ3) is 14.9. The van der Waals surface area contributed by atoms with Gasteiger partial charge in [-0.1, -0.05) is 159 Å². The smallest absolute Gasteiger partial charge is 0.410 e. The number of carbonyl (C=O) groups excluding carboxylic acids is 6. The molecule has 2 heterocycles. The van der Waals surface area contributed by atoms with E-state index in [0.29, 0.717) is 32.4 Å². The standard InChI is InChI=1S/C28H34N4O4.C25H29N3O3.C18H17NO4/c1-4-19(16-29-3)31-26(33)25-14-9-15-32(25)27(34)18(2)30-28(35)36-17-24-22-12-7-5-10-20(22)21-11-6-8-13-23(21)24;1-3-17(15-26-2)27-24(29)23-13-8-14-28(23)25(30)31-16-22-20-11-6-4-9-18(20)19-10-5-7-12-21(19)22;1-11(17(20)21)19-18(22)23-10-16-14-8-4-2-6-12(14)13-7-3-5-9-15(13)16/h5-8,10-13,16,18-19,24-25H,4,9,14-15,17H2,1-3H3,(H,30,35)(H,31,33);4-7,9-12,15,17,22-23H,3,8,13-14,16H2,1-2H3,(H,27,29);2-9,11,16H,10H2,1H3,(H,19,22)(H,20,21)/t18-,19-,25-;17-,23-;11-/m000/s1. The highest BCUT2D eigenvalue weighted by Crippen LogP contribution is 2.47. The van der Waals surface area contributed by atoms with Gasteiger partial charge in [0.1, 0.15) is 44.0 Å². The molecule has 0 bridgehead atoms. The van der Waals surface area contributed by atoms with Crippen LogP contribution in [-0.2, 0) is 33.4 Å². The Morgan fingerprint density at radius 1 is 0.478 bits per heavy atom. The zero-order valence-corrected chi connectivity index (χ0v) is 51.8. The second kappa shape index (κ2) is 30.5. The molecule has 6 atom stereocenters. The number of aliphatic carboxylic acids is 1. The topological polar surface area (TPSA) is 247 Å². The molecule has 5 N–H and O–H groups in total. The first kappa shape index (κ1) is 64.8. The van der Waals surface area contributed by atoms with Crippen LogP contribution in [0.1, 0.15) is 117 Å². The summed E-state index contributed by atoms with van der Waals surface area (Å²) in [5.41, 5.74) is 13.8. The number of ether oxygens (including phenoxy) is 3. The molecule has 6 amide bonds. The molecule has 470 valence electrons. The number of aliphatic imine (C=N–C) groups is 2. The molecular formula is C71H80N8O11. The number of hydrogen-bond acceptors (Lipinski definition) is 12. The average molecular weight is 1220 g/mol. The molecule has 3 aliphatic carbocycles. The molecule has 19 nitrogen and oxygen atoms in total. The largest absolute Gasteiger partial charge is 0.480 e. The molecular weight excluding hydrogens is 1140 g/mol. The number of amides is 6. The van der Waals surface area contributed by atoms with E-state index in [4.69, 9.17) is 19.3 Å². The summed E-state index contributed by atoms with van der Waals surface area (Å²) < 4.78 is 16.6. The molecule has 6 aromatic rings. The van der Waals surface area contributed by atoms with Crippen molar-refractivity contribution in [1.82, 2.24) is 31.1 Å². The molecule has 0 unspecified atom stereocenters. The summed E-state index contributed by atoms with van der Waals surface area (Å²) in [7, 11) is 3.35. The lowest BCUT2D eigenvalue weighted by molar-refractivity contribution is -0.139. The fourth-order valence-electron chi connectivity index (χ4n) is 12.7. The first-order valence-corrected chi connectivity index (χ1v) is 31.0. The van der Waals surface area contributed by atoms with E-state index < -0.39 is 48.4 Å². The van der Waals surface area contributed by atoms with Crippen molar-refractivity contribution in [1.29, 1.82) is 0 Å². The van der Waals surface area contributed by atoms with Gasteiger partial charge in [-0.05, 0) is 119 Å². The lowest BCUT2D eigenvalue weighted by atomic mass is 9.98. The van der Waals surface area contributed by atoms with Crippen molar-refractivity contribution in [3.63, 3.8) is 0 Å². The van der Waals surface area contributed by atoms with Gasteiger partial charge in [-0.15, -0.1) is 0 Å². The minimum atomic E-state index is -1.10. The van der Waals surface area contributed by atoms with E-state index in [0.717, 1.165) is 63.8 Å². The van der Waals surface area contributed by atoms with Crippen molar-refractivity contribution in [2.24, 2.45) is 9.98 Å². The van der Waals surface area contributed by atoms with Crippen LogP contribution in [0.2, 0.25) is 0 Å². The Labute approximate surface area is 525 Å². The number of nitrogens with one attached hydrogen (secondary N) is 4. The monoisotopic (exact) mass is 1220 g/mol. The van der Waals surface area contributed by atoms with Crippen molar-refractivity contribution in [2.45, 2.75) is 120 Å². The van der Waals surface area contributed by atoms with E-state index >= 15 is 0 Å². The SMILES string of the molecule is CC[C@@H](C=NC)NC(=O)[C@@H]1CCCN1C(=O)OCC1c2ccccc2-c2ccccc21.CC[C@@H](C=NC)NC(=O)[C@@H]1CCCN1C(=O)[C@H](C)NC(=O)OCC1c2ccccc2-c2ccccc21.C[C@H](NC(=O)OCC1c2ccccc2-c2ccccc21)C(=O)O. The molecule has 0 aromatic heterocycles. The predicted octanol–water partition coefficient (Wildman–Crippen LogP) is 10.5. The first-order valence-electron chi connectivity index (χ1n) is 31.0. The van der Waals surface area contributed by atoms with Crippen molar-refractivity contribution in [2.75, 3.05) is 47.0 Å². The van der Waals surface area contributed by atoms with Crippen LogP contribution in [0.15, 0.2) is 156 Å². The Morgan fingerprint density at radius 2 is 0.789 bits per heavy atom. The maximum atomic E-state index is 13.1. The van der Waals surface area contributed by atoms with Gasteiger partial charge in [-0.25, -0.2) is 14.4 Å². The third-order valence-corrected chi connectivity index (χ3v) is 17.3. The number of carboxylic acid groups (broad SMARTS) is 1. The molecule has 2 saturated heterocycles. The number of hydrogen-bond donors (Lipinski definition) is 5. The highest BCUT2D eigenvalue weighted by molar-refractivity contribution is 5.93. The Hall–Kier alpha value is -9.65. The molecule has 2 fully saturated rings. The highest BCUT2D eigenvalue weighted by Gasteiger charge is 2.39. The fraction of sp³-hybridized carbons (Fsp3) is 0.366. The molecule has 0 spiro atoms. The van der Waals surface area contributed by atoms with Crippen LogP contribution >= 0.6 is 0 Å². The summed E-state index contributed by atoms with van der Waals surface area (Å²) in [4.78, 5) is 97.9. The van der Waals surface area contributed by atoms with Gasteiger partial charge in [0.15, 0.2) is 0 Å². The Balaban J connectivity index is 0.000000164. The van der Waals surface area contributed by atoms with Crippen molar-refractivity contribution < 1.29 is 52.9 Å². The van der Waals surface area contributed by atoms with Crippen molar-refractivity contribution in [3.8, 4) is 33.4 Å². The predicted molar refractivity (Wildman–Crippen MR) is 346 cm³/mol. The second-order valence-electron chi connectivity index (χ2n) is 22.9. The number of nitrogens with zero attached hydrogens (tertiary/aromatic N) is 4. The summed E-state index contributed by atoms with van der Waals surface area (Å²) in [6, 6.07) is 45.7. The van der Waals surface area contributed by atoms with Gasteiger partial charge >= 0.3 is 24.2 Å². The second-order valence-corrected chi connectivity index (χ2v) is 22.9. The molecule has 90 heavy (non-hydrogen) atoms. The van der Waals surface area contributed by atoms with Gasteiger partial charge in [-0.2, -0.15) is 0 Å². The molecule has 0 saturated carbocycles. The van der Waals surface area contributed by atoms with Crippen LogP contribution in [0.5, 0.6) is 0 Å². The maximum Gasteiger partial charge on any atom is 0.410 e. The fourth-order valence-corrected chi connectivity index (χ4v) is 12.7. The van der Waals surface area contributed by atoms with Crippen LogP contribution < -0.4 is 21.3 Å². The minimum absolute atomic E-state index is 0.0106. The number of likely N-dealkylation sites (tertiary alicyclic amines) is 2. The average Bonchev–Trinajstić information content (AvgIpc) is 1.80. The number of benzene rings is 6. The maximum absolute atomic E-state index is 13.1. The summed E-state index contributed by atoms with van der Waals surface area (Å²) in [6.07, 6.45) is 5.86. The highest BCUT2D eigenvalue weighted by atomic mass is 16.6. The summed E-state index contributed by atoms with van der Waals surface area (Å²) >= 11 is 0. The van der Waals surface area contributed by atoms with Gasteiger partial charge in [0.05, 0.1) is 12.1 Å². The van der Waals surface area contributed by atoms with E-state index in [1.165, 1.54) is 29.2 Å². The normalized spacial score (nSPS) is 17.3. The Bertz CT molecular complexity index is 3490. The van der Waals surface area contributed by atoms with Gasteiger partial charge in [0.2, 0.25) is 17.7 Å². The molecule has 2 aliphatic heterocycles. The summed E-state index contributed by atoms with van der Waals surface area (Å²) in [6.45, 7) is 8.59. The van der Waals surface area contributed by atoms with Crippen molar-refractivity contribution in [3.05, 3.63) is 179 Å². The van der Waals surface area contributed by atoms with Crippen LogP contribution in [-0.4, -0.2) is 153 Å². The number of carbonyl (C=O) groups is 7. The van der Waals surface area contributed by atoms with Crippen LogP contribution in [0.3, 0.4) is 0 Å². The number of fused-ring (bicyclic) bond motifs is 9. The first-order chi connectivity index (χ1) is 43.6. The van der Waals surface area contributed by atoms with E-state index in [9.17, 15) is 33.6 Å². The number of alkyl carbamates (subject to hydrolysis) is 2. The summed E-state index contributed by atoms with van der Waals surface area (Å²) in [5.74, 6) is -1.81. The zero-order chi connectivity index (χ0) is 63.8. The molecule has 5 aliphatic rings. The van der Waals surface area contributed by atoms with E-state index in [1.807, 2.05) is 98.8 Å². The number of rotatable bonds is 18.